The van der Waals surface area contributed by atoms with Crippen molar-refractivity contribution in [3.8, 4) is 5.75 Å². The van der Waals surface area contributed by atoms with Crippen LogP contribution in [-0.4, -0.2) is 45.4 Å². The van der Waals surface area contributed by atoms with Gasteiger partial charge in [0.05, 0.1) is 35.3 Å². The van der Waals surface area contributed by atoms with Crippen LogP contribution in [0.15, 0.2) is 30.5 Å². The molecule has 8 heteroatoms. The molecule has 1 amide bonds. The number of nitrogens with zero attached hydrogens (tertiary/aromatic N) is 4. The van der Waals surface area contributed by atoms with Gasteiger partial charge in [-0.3, -0.25) is 4.79 Å². The summed E-state index contributed by atoms with van der Waals surface area (Å²) in [4.78, 5) is 12.9. The fraction of sp³-hybridized carbons (Fsp3) is 0.400. The van der Waals surface area contributed by atoms with E-state index in [4.69, 9.17) is 4.74 Å². The van der Waals surface area contributed by atoms with Gasteiger partial charge < -0.3 is 15.4 Å². The number of pyridine rings is 1. The number of aryl methyl sites for hydroxylation is 1. The summed E-state index contributed by atoms with van der Waals surface area (Å²) in [6.45, 7) is 6.25. The Bertz CT molecular complexity index is 976. The number of ether oxygens (including phenoxy) is 1. The van der Waals surface area contributed by atoms with Crippen molar-refractivity contribution in [2.45, 2.75) is 32.6 Å². The summed E-state index contributed by atoms with van der Waals surface area (Å²) in [7, 11) is 0. The molecule has 0 spiro atoms. The largest absolute Gasteiger partial charge is 0.491 e. The third kappa shape index (κ3) is 3.82. The second kappa shape index (κ2) is 7.93. The van der Waals surface area contributed by atoms with Gasteiger partial charge in [-0.15, -0.1) is 5.10 Å². The highest BCUT2D eigenvalue weighted by Gasteiger charge is 2.19. The van der Waals surface area contributed by atoms with E-state index in [1.165, 1.54) is 0 Å². The van der Waals surface area contributed by atoms with E-state index >= 15 is 0 Å². The van der Waals surface area contributed by atoms with Crippen LogP contribution in [0.4, 0.5) is 5.82 Å². The van der Waals surface area contributed by atoms with Crippen LogP contribution in [0.25, 0.3) is 5.52 Å². The Labute approximate surface area is 163 Å². The first kappa shape index (κ1) is 18.4. The zero-order valence-corrected chi connectivity index (χ0v) is 16.1. The van der Waals surface area contributed by atoms with Crippen LogP contribution in [0.1, 0.15) is 47.4 Å². The van der Waals surface area contributed by atoms with Crippen LogP contribution in [0.5, 0.6) is 5.75 Å². The fourth-order valence-electron chi connectivity index (χ4n) is 3.52. The van der Waals surface area contributed by atoms with Crippen molar-refractivity contribution in [2.75, 3.05) is 25.0 Å². The number of fused-ring (bicyclic) bond motifs is 1. The molecular weight excluding hydrogens is 356 g/mol. The molecule has 0 bridgehead atoms. The summed E-state index contributed by atoms with van der Waals surface area (Å²) < 4.78 is 7.36. The van der Waals surface area contributed by atoms with Crippen molar-refractivity contribution in [1.82, 2.24) is 25.1 Å². The number of carbonyl (C=O) groups excluding carboxylic acids is 1. The number of amides is 1. The fourth-order valence-corrected chi connectivity index (χ4v) is 3.52. The molecule has 4 rings (SSSR count). The predicted octanol–water partition coefficient (Wildman–Crippen LogP) is 2.55. The summed E-state index contributed by atoms with van der Waals surface area (Å²) in [5.41, 5.74) is 3.13. The van der Waals surface area contributed by atoms with Gasteiger partial charge in [0.25, 0.3) is 5.91 Å². The van der Waals surface area contributed by atoms with Gasteiger partial charge in [-0.2, -0.15) is 10.2 Å². The van der Waals surface area contributed by atoms with E-state index < -0.39 is 0 Å². The molecule has 3 aromatic rings. The van der Waals surface area contributed by atoms with Crippen molar-refractivity contribution in [1.29, 1.82) is 0 Å². The molecule has 146 valence electrons. The zero-order chi connectivity index (χ0) is 19.5. The Morgan fingerprint density at radius 3 is 2.82 bits per heavy atom. The average Bonchev–Trinajstić information content (AvgIpc) is 3.08. The van der Waals surface area contributed by atoms with Crippen molar-refractivity contribution in [3.05, 3.63) is 47.4 Å². The van der Waals surface area contributed by atoms with E-state index in [1.54, 1.807) is 16.8 Å². The quantitative estimate of drug-likeness (QED) is 0.707. The highest BCUT2D eigenvalue weighted by Crippen LogP contribution is 2.25. The number of carbonyl (C=O) groups is 1. The van der Waals surface area contributed by atoms with E-state index in [-0.39, 0.29) is 5.91 Å². The van der Waals surface area contributed by atoms with E-state index in [0.717, 1.165) is 42.8 Å². The second-order valence-corrected chi connectivity index (χ2v) is 6.96. The van der Waals surface area contributed by atoms with Crippen molar-refractivity contribution < 1.29 is 9.53 Å². The number of nitrogens with one attached hydrogen (secondary N) is 2. The van der Waals surface area contributed by atoms with Crippen LogP contribution < -0.4 is 15.4 Å². The first-order chi connectivity index (χ1) is 13.6. The lowest BCUT2D eigenvalue weighted by Crippen LogP contribution is -2.27. The first-order valence-electron chi connectivity index (χ1n) is 9.62. The normalized spacial score (nSPS) is 14.9. The number of hydrogen-bond acceptors (Lipinski definition) is 6. The van der Waals surface area contributed by atoms with Crippen LogP contribution in [-0.2, 0) is 0 Å². The average molecular weight is 380 g/mol. The minimum absolute atomic E-state index is 0.284. The Kier molecular flexibility index (Phi) is 5.21. The predicted molar refractivity (Wildman–Crippen MR) is 106 cm³/mol. The van der Waals surface area contributed by atoms with Gasteiger partial charge in [0, 0.05) is 5.92 Å². The maximum Gasteiger partial charge on any atom is 0.260 e. The smallest absolute Gasteiger partial charge is 0.260 e. The monoisotopic (exact) mass is 380 g/mol. The van der Waals surface area contributed by atoms with Gasteiger partial charge in [0.1, 0.15) is 5.75 Å². The zero-order valence-electron chi connectivity index (χ0n) is 16.1. The standard InChI is InChI=1S/C20H24N6O2/c1-3-28-18-12-26-15(10-13(2)25-26)11-16(18)20(27)22-19-5-4-17(23-24-19)14-6-8-21-9-7-14/h4-5,10-12,14,21H,3,6-9H2,1-2H3,(H,22,24,27). The first-order valence-corrected chi connectivity index (χ1v) is 9.62. The Balaban J connectivity index is 1.54. The third-order valence-electron chi connectivity index (χ3n) is 4.91. The molecule has 4 heterocycles. The van der Waals surface area contributed by atoms with Crippen LogP contribution in [0, 0.1) is 6.92 Å². The highest BCUT2D eigenvalue weighted by molar-refractivity contribution is 6.06. The van der Waals surface area contributed by atoms with Crippen molar-refractivity contribution in [2.24, 2.45) is 0 Å². The molecule has 3 aromatic heterocycles. The molecule has 0 aromatic carbocycles. The molecule has 0 atom stereocenters. The molecule has 1 aliphatic heterocycles. The number of piperidine rings is 1. The summed E-state index contributed by atoms with van der Waals surface area (Å²) in [6, 6.07) is 7.45. The molecule has 0 unspecified atom stereocenters. The molecule has 1 aliphatic rings. The topological polar surface area (TPSA) is 93.4 Å². The molecule has 8 nitrogen and oxygen atoms in total. The van der Waals surface area contributed by atoms with Gasteiger partial charge in [-0.25, -0.2) is 4.52 Å². The summed E-state index contributed by atoms with van der Waals surface area (Å²) >= 11 is 0. The summed E-state index contributed by atoms with van der Waals surface area (Å²) in [6.07, 6.45) is 3.85. The van der Waals surface area contributed by atoms with Gasteiger partial charge >= 0.3 is 0 Å². The van der Waals surface area contributed by atoms with Crippen molar-refractivity contribution in [3.63, 3.8) is 0 Å². The lowest BCUT2D eigenvalue weighted by molar-refractivity contribution is 0.102. The molecule has 0 aliphatic carbocycles. The molecule has 1 fully saturated rings. The van der Waals surface area contributed by atoms with Gasteiger partial charge in [0.15, 0.2) is 5.82 Å². The minimum atomic E-state index is -0.284. The third-order valence-corrected chi connectivity index (χ3v) is 4.91. The van der Waals surface area contributed by atoms with E-state index in [0.29, 0.717) is 29.7 Å². The number of hydrogen-bond donors (Lipinski definition) is 2. The lowest BCUT2D eigenvalue weighted by atomic mass is 9.94. The minimum Gasteiger partial charge on any atom is -0.491 e. The SMILES string of the molecule is CCOc1cn2nc(C)cc2cc1C(=O)Nc1ccc(C2CCNCC2)nn1. The second-order valence-electron chi connectivity index (χ2n) is 6.96. The maximum absolute atomic E-state index is 12.9. The van der Waals surface area contributed by atoms with Crippen molar-refractivity contribution >= 4 is 17.2 Å². The lowest BCUT2D eigenvalue weighted by Gasteiger charge is -2.21. The molecule has 0 saturated carbocycles. The van der Waals surface area contributed by atoms with Gasteiger partial charge in [-0.05, 0) is 64.0 Å². The summed E-state index contributed by atoms with van der Waals surface area (Å²) in [5, 5.41) is 19.1. The Morgan fingerprint density at radius 2 is 2.11 bits per heavy atom. The van der Waals surface area contributed by atoms with Crippen LogP contribution in [0.3, 0.4) is 0 Å². The van der Waals surface area contributed by atoms with Crippen LogP contribution in [0.2, 0.25) is 0 Å². The van der Waals surface area contributed by atoms with E-state index in [9.17, 15) is 4.79 Å². The molecule has 1 saturated heterocycles. The van der Waals surface area contributed by atoms with Gasteiger partial charge in [-0.1, -0.05) is 0 Å². The molecule has 2 N–H and O–H groups in total. The number of rotatable bonds is 5. The maximum atomic E-state index is 12.9. The molecule has 28 heavy (non-hydrogen) atoms. The Morgan fingerprint density at radius 1 is 1.29 bits per heavy atom. The number of aromatic nitrogens is 4. The van der Waals surface area contributed by atoms with E-state index in [1.807, 2.05) is 32.0 Å². The Hall–Kier alpha value is -3.00. The van der Waals surface area contributed by atoms with E-state index in [2.05, 4.69) is 25.9 Å². The molecular formula is C20H24N6O2. The van der Waals surface area contributed by atoms with Crippen LogP contribution >= 0.6 is 0 Å². The number of anilines is 1. The summed E-state index contributed by atoms with van der Waals surface area (Å²) in [5.74, 6) is 1.05. The molecule has 0 radical (unpaired) electrons. The van der Waals surface area contributed by atoms with Gasteiger partial charge in [0.2, 0.25) is 0 Å². The highest BCUT2D eigenvalue weighted by atomic mass is 16.5.